The number of nitrogens with zero attached hydrogens (tertiary/aromatic N) is 5. The van der Waals surface area contributed by atoms with Gasteiger partial charge in [-0.25, -0.2) is 0 Å². The highest BCUT2D eigenvalue weighted by Gasteiger charge is 2.46. The van der Waals surface area contributed by atoms with Crippen LogP contribution in [0.25, 0.3) is 5.00 Å². The van der Waals surface area contributed by atoms with Gasteiger partial charge >= 0.3 is 0 Å². The van der Waals surface area contributed by atoms with Crippen molar-refractivity contribution in [3.8, 4) is 10.8 Å². The van der Waals surface area contributed by atoms with E-state index >= 15 is 0 Å². The number of nitrogens with one attached hydrogen (secondary N) is 2. The van der Waals surface area contributed by atoms with E-state index in [-0.39, 0.29) is 60.9 Å². The van der Waals surface area contributed by atoms with E-state index in [4.69, 9.17) is 21.3 Å². The van der Waals surface area contributed by atoms with Gasteiger partial charge in [-0.3, -0.25) is 48.5 Å². The van der Waals surface area contributed by atoms with Gasteiger partial charge in [0.1, 0.15) is 35.3 Å². The van der Waals surface area contributed by atoms with E-state index in [9.17, 15) is 28.8 Å². The highest BCUT2D eigenvalue weighted by molar-refractivity contribution is 7.15. The molecule has 296 valence electrons. The summed E-state index contributed by atoms with van der Waals surface area (Å²) in [7, 11) is 0. The molecule has 1 fully saturated rings. The molecule has 5 amide bonds. The van der Waals surface area contributed by atoms with Gasteiger partial charge in [-0.2, -0.15) is 0 Å². The fraction of sp³-hybridized carbons (Fsp3) is 0.390. The van der Waals surface area contributed by atoms with Crippen LogP contribution >= 0.6 is 22.9 Å². The number of Topliss-reactive ketones (excluding diaryl/α,β-unsaturated/α-hetero) is 1. The fourth-order valence-corrected chi connectivity index (χ4v) is 8.76. The summed E-state index contributed by atoms with van der Waals surface area (Å²) < 4.78 is 7.74. The Morgan fingerprint density at radius 1 is 0.947 bits per heavy atom. The van der Waals surface area contributed by atoms with Crippen LogP contribution in [0.4, 0.5) is 0 Å². The predicted molar refractivity (Wildman–Crippen MR) is 212 cm³/mol. The number of rotatable bonds is 15. The summed E-state index contributed by atoms with van der Waals surface area (Å²) in [4.78, 5) is 83.4. The third-order valence-corrected chi connectivity index (χ3v) is 12.0. The maximum absolute atomic E-state index is 13.3. The lowest BCUT2D eigenvalue weighted by Gasteiger charge is -2.27. The molecule has 4 aromatic rings. The van der Waals surface area contributed by atoms with Crippen LogP contribution in [-0.2, 0) is 19.2 Å². The van der Waals surface area contributed by atoms with Gasteiger partial charge in [0, 0.05) is 40.4 Å². The first-order chi connectivity index (χ1) is 27.4. The molecule has 1 saturated heterocycles. The normalized spacial score (nSPS) is 17.4. The average Bonchev–Trinajstić information content (AvgIpc) is 3.76. The van der Waals surface area contributed by atoms with Gasteiger partial charge in [0.25, 0.3) is 11.8 Å². The van der Waals surface area contributed by atoms with Crippen molar-refractivity contribution in [3.63, 3.8) is 0 Å². The Morgan fingerprint density at radius 3 is 2.47 bits per heavy atom. The number of aryl methyl sites for hydroxylation is 2. The number of thiophene rings is 1. The van der Waals surface area contributed by atoms with Crippen LogP contribution < -0.4 is 15.4 Å². The van der Waals surface area contributed by atoms with Crippen LogP contribution in [-0.4, -0.2) is 79.9 Å². The zero-order valence-electron chi connectivity index (χ0n) is 31.9. The molecule has 1 unspecified atom stereocenters. The van der Waals surface area contributed by atoms with Crippen molar-refractivity contribution in [1.82, 2.24) is 30.3 Å². The molecule has 2 N–H and O–H groups in total. The molecule has 16 heteroatoms. The average molecular weight is 812 g/mol. The topological polar surface area (TPSA) is 182 Å². The standard InChI is InChI=1S/C41H42ClN7O7S/c1-22-23(2)57-41-34(22)36(25-13-15-26(42)16-14-25)44-29(37-47-46-24(3)48(37)41)20-33(52)43-19-8-6-4-5-7-10-27(50)21-56-31-12-9-11-28-35(31)40(55)49(39(28)54)30-17-18-32(51)45-38(30)53/h9,11-16,29-30H,4-8,10,17-21H2,1-3H3,(H,43,52)(H,45,51,53)/t29-,30?/m1/s1. The number of carbonyl (C=O) groups excluding carboxylic acids is 6. The highest BCUT2D eigenvalue weighted by Crippen LogP contribution is 2.40. The van der Waals surface area contributed by atoms with Crippen molar-refractivity contribution >= 4 is 64.0 Å². The van der Waals surface area contributed by atoms with Gasteiger partial charge in [-0.1, -0.05) is 49.1 Å². The number of benzene rings is 2. The molecule has 2 aromatic carbocycles. The SMILES string of the molecule is Cc1sc2c(c1C)C(c1ccc(Cl)cc1)=N[C@H](CC(=O)NCCCCCCCC(=O)COc1cccc3c1C(=O)N(C1CCC(=O)NC1=O)C3=O)c1nnc(C)n1-2. The van der Waals surface area contributed by atoms with Crippen LogP contribution in [0, 0.1) is 20.8 Å². The third-order valence-electron chi connectivity index (χ3n) is 10.5. The number of fused-ring (bicyclic) bond motifs is 4. The lowest BCUT2D eigenvalue weighted by molar-refractivity contribution is -0.136. The van der Waals surface area contributed by atoms with Gasteiger partial charge in [0.15, 0.2) is 11.6 Å². The van der Waals surface area contributed by atoms with Crippen molar-refractivity contribution in [2.24, 2.45) is 4.99 Å². The summed E-state index contributed by atoms with van der Waals surface area (Å²) in [6.07, 6.45) is 4.46. The molecule has 0 bridgehead atoms. The van der Waals surface area contributed by atoms with Crippen LogP contribution in [0.5, 0.6) is 5.75 Å². The van der Waals surface area contributed by atoms with E-state index in [2.05, 4.69) is 34.7 Å². The van der Waals surface area contributed by atoms with Gasteiger partial charge in [0.2, 0.25) is 17.7 Å². The molecule has 0 saturated carbocycles. The Kier molecular flexibility index (Phi) is 11.8. The second-order valence-electron chi connectivity index (χ2n) is 14.4. The number of imide groups is 2. The molecule has 57 heavy (non-hydrogen) atoms. The molecular weight excluding hydrogens is 770 g/mol. The summed E-state index contributed by atoms with van der Waals surface area (Å²) in [6.45, 7) is 6.32. The lowest BCUT2D eigenvalue weighted by Crippen LogP contribution is -2.54. The summed E-state index contributed by atoms with van der Waals surface area (Å²) in [6, 6.07) is 10.5. The van der Waals surface area contributed by atoms with Gasteiger partial charge in [0.05, 0.1) is 23.3 Å². The fourth-order valence-electron chi connectivity index (χ4n) is 7.42. The smallest absolute Gasteiger partial charge is 0.266 e. The van der Waals surface area contributed by atoms with Crippen molar-refractivity contribution in [2.75, 3.05) is 13.2 Å². The molecule has 14 nitrogen and oxygen atoms in total. The molecule has 2 aromatic heterocycles. The number of aliphatic imine (C=N–C) groups is 1. The summed E-state index contributed by atoms with van der Waals surface area (Å²) >= 11 is 7.88. The van der Waals surface area contributed by atoms with E-state index in [1.807, 2.05) is 35.8 Å². The number of carbonyl (C=O) groups is 6. The van der Waals surface area contributed by atoms with Gasteiger partial charge < -0.3 is 10.1 Å². The Bertz CT molecular complexity index is 2320. The molecule has 0 spiro atoms. The number of hydrogen-bond acceptors (Lipinski definition) is 11. The highest BCUT2D eigenvalue weighted by atomic mass is 35.5. The molecular formula is C41H42ClN7O7S. The molecule has 3 aliphatic rings. The maximum Gasteiger partial charge on any atom is 0.266 e. The van der Waals surface area contributed by atoms with Crippen molar-refractivity contribution in [3.05, 3.63) is 91.8 Å². The van der Waals surface area contributed by atoms with Crippen LogP contribution in [0.15, 0.2) is 47.5 Å². The molecule has 0 radical (unpaired) electrons. The van der Waals surface area contributed by atoms with E-state index in [0.717, 1.165) is 63.8 Å². The van der Waals surface area contributed by atoms with Gasteiger partial charge in [-0.05, 0) is 69.9 Å². The zero-order chi connectivity index (χ0) is 40.4. The Hall–Kier alpha value is -5.54. The summed E-state index contributed by atoms with van der Waals surface area (Å²) in [5, 5.41) is 15.7. The Balaban J connectivity index is 0.855. The largest absolute Gasteiger partial charge is 0.485 e. The van der Waals surface area contributed by atoms with Crippen molar-refractivity contribution in [1.29, 1.82) is 0 Å². The number of halogens is 1. The number of ketones is 1. The van der Waals surface area contributed by atoms with E-state index in [1.54, 1.807) is 17.4 Å². The number of unbranched alkanes of at least 4 members (excludes halogenated alkanes) is 4. The molecule has 7 rings (SSSR count). The van der Waals surface area contributed by atoms with Crippen LogP contribution in [0.1, 0.15) is 118 Å². The summed E-state index contributed by atoms with van der Waals surface area (Å²) in [5.74, 6) is -1.30. The third kappa shape index (κ3) is 8.17. The minimum absolute atomic E-state index is 0.0112. The van der Waals surface area contributed by atoms with Crippen LogP contribution in [0.3, 0.4) is 0 Å². The molecule has 0 aliphatic carbocycles. The first-order valence-corrected chi connectivity index (χ1v) is 20.2. The van der Waals surface area contributed by atoms with E-state index in [1.165, 1.54) is 17.0 Å². The monoisotopic (exact) mass is 811 g/mol. The van der Waals surface area contributed by atoms with Crippen molar-refractivity contribution < 1.29 is 33.5 Å². The number of hydrogen-bond donors (Lipinski definition) is 2. The number of amides is 5. The number of aromatic nitrogens is 3. The summed E-state index contributed by atoms with van der Waals surface area (Å²) in [5.41, 5.74) is 3.94. The number of piperidine rings is 1. The quantitative estimate of drug-likeness (QED) is 0.113. The minimum atomic E-state index is -1.09. The first-order valence-electron chi connectivity index (χ1n) is 19.0. The van der Waals surface area contributed by atoms with Crippen LogP contribution in [0.2, 0.25) is 5.02 Å². The van der Waals surface area contributed by atoms with Crippen molar-refractivity contribution in [2.45, 2.75) is 90.6 Å². The lowest BCUT2D eigenvalue weighted by atomic mass is 9.99. The molecule has 2 atom stereocenters. The second-order valence-corrected chi connectivity index (χ2v) is 16.1. The second kappa shape index (κ2) is 16.9. The first kappa shape index (κ1) is 39.7. The van der Waals surface area contributed by atoms with Gasteiger partial charge in [-0.15, -0.1) is 21.5 Å². The van der Waals surface area contributed by atoms with E-state index < -0.39 is 35.7 Å². The zero-order valence-corrected chi connectivity index (χ0v) is 33.4. The Labute approximate surface area is 338 Å². The number of ether oxygens (including phenoxy) is 1. The molecule has 5 heterocycles. The molecule has 3 aliphatic heterocycles. The predicted octanol–water partition coefficient (Wildman–Crippen LogP) is 5.70. The van der Waals surface area contributed by atoms with E-state index in [0.29, 0.717) is 23.8 Å². The maximum atomic E-state index is 13.3. The minimum Gasteiger partial charge on any atom is -0.485 e. The Morgan fingerprint density at radius 2 is 1.70 bits per heavy atom.